The van der Waals surface area contributed by atoms with Crippen molar-refractivity contribution in [1.29, 1.82) is 0 Å². The van der Waals surface area contributed by atoms with Gasteiger partial charge in [0.1, 0.15) is 5.78 Å². The first-order chi connectivity index (χ1) is 14.2. The van der Waals surface area contributed by atoms with Gasteiger partial charge in [0, 0.05) is 11.8 Å². The summed E-state index contributed by atoms with van der Waals surface area (Å²) in [5, 5.41) is 0. The van der Waals surface area contributed by atoms with Gasteiger partial charge in [0.05, 0.1) is 0 Å². The minimum Gasteiger partial charge on any atom is -0.298 e. The molecule has 0 heterocycles. The van der Waals surface area contributed by atoms with Crippen LogP contribution in [0, 0.1) is 44.3 Å². The molecule has 0 saturated heterocycles. The van der Waals surface area contributed by atoms with E-state index in [-0.39, 0.29) is 10.8 Å². The van der Waals surface area contributed by atoms with Gasteiger partial charge < -0.3 is 0 Å². The standard InChI is InChI=1S/C30H46O/c1-25(2)13-14-27(5)15-17-29(7)22-11-9-20-21(10-12-24(31)26(20,3)4)28(22,6)16-18-30(29,8)23(27)19-25/h9-10,22-23H,11-19H2,1-8H3/t22-,23+,27+,28-,29+,30-/m0/s1. The van der Waals surface area contributed by atoms with Crippen molar-refractivity contribution in [2.45, 2.75) is 113 Å². The van der Waals surface area contributed by atoms with Crippen LogP contribution in [-0.2, 0) is 4.79 Å². The Balaban J connectivity index is 1.60. The van der Waals surface area contributed by atoms with Gasteiger partial charge in [-0.3, -0.25) is 4.79 Å². The summed E-state index contributed by atoms with van der Waals surface area (Å²) < 4.78 is 0. The van der Waals surface area contributed by atoms with Crippen molar-refractivity contribution in [3.8, 4) is 0 Å². The van der Waals surface area contributed by atoms with Gasteiger partial charge in [-0.15, -0.1) is 0 Å². The molecular weight excluding hydrogens is 376 g/mol. The molecule has 1 heteroatoms. The summed E-state index contributed by atoms with van der Waals surface area (Å²) >= 11 is 0. The Morgan fingerprint density at radius 3 is 2.03 bits per heavy atom. The second-order valence-corrected chi connectivity index (χ2v) is 14.6. The summed E-state index contributed by atoms with van der Waals surface area (Å²) in [5.74, 6) is 1.94. The largest absolute Gasteiger partial charge is 0.298 e. The zero-order chi connectivity index (χ0) is 22.7. The van der Waals surface area contributed by atoms with Gasteiger partial charge >= 0.3 is 0 Å². The first-order valence-corrected chi connectivity index (χ1v) is 13.1. The summed E-state index contributed by atoms with van der Waals surface area (Å²) in [5.41, 5.74) is 4.67. The molecule has 3 fully saturated rings. The van der Waals surface area contributed by atoms with E-state index in [9.17, 15) is 4.79 Å². The number of hydrogen-bond donors (Lipinski definition) is 0. The monoisotopic (exact) mass is 422 g/mol. The number of carbonyl (C=O) groups excluding carboxylic acids is 1. The molecule has 0 aliphatic heterocycles. The molecule has 0 aromatic rings. The van der Waals surface area contributed by atoms with Crippen LogP contribution in [0.25, 0.3) is 0 Å². The molecule has 3 saturated carbocycles. The fourth-order valence-electron chi connectivity index (χ4n) is 9.68. The van der Waals surface area contributed by atoms with Crippen molar-refractivity contribution < 1.29 is 4.79 Å². The molecule has 0 unspecified atom stereocenters. The number of rotatable bonds is 0. The summed E-state index contributed by atoms with van der Waals surface area (Å²) in [6, 6.07) is 0. The molecule has 0 radical (unpaired) electrons. The van der Waals surface area contributed by atoms with E-state index in [1.165, 1.54) is 56.9 Å². The third kappa shape index (κ3) is 2.64. The van der Waals surface area contributed by atoms with Crippen molar-refractivity contribution in [3.05, 3.63) is 23.3 Å². The lowest BCUT2D eigenvalue weighted by atomic mass is 9.32. The predicted octanol–water partition coefficient (Wildman–Crippen LogP) is 8.30. The fraction of sp³-hybridized carbons (Fsp3) is 0.833. The molecule has 0 aromatic heterocycles. The van der Waals surface area contributed by atoms with E-state index in [1.807, 2.05) is 0 Å². The van der Waals surface area contributed by atoms with Crippen LogP contribution < -0.4 is 0 Å². The number of ketones is 1. The maximum Gasteiger partial charge on any atom is 0.146 e. The Hall–Kier alpha value is -0.850. The molecule has 1 nitrogen and oxygen atoms in total. The van der Waals surface area contributed by atoms with E-state index in [0.29, 0.717) is 39.8 Å². The molecule has 0 amide bonds. The second-order valence-electron chi connectivity index (χ2n) is 14.6. The number of hydrogen-bond acceptors (Lipinski definition) is 1. The van der Waals surface area contributed by atoms with Crippen LogP contribution in [0.4, 0.5) is 0 Å². The minimum atomic E-state index is -0.307. The Morgan fingerprint density at radius 2 is 1.32 bits per heavy atom. The molecule has 172 valence electrons. The molecule has 0 spiro atoms. The van der Waals surface area contributed by atoms with Crippen LogP contribution in [0.1, 0.15) is 113 Å². The number of Topliss-reactive ketones (excluding diaryl/α,β-unsaturated/α-hetero) is 1. The number of carbonyl (C=O) groups is 1. The molecule has 0 bridgehead atoms. The Bertz CT molecular complexity index is 886. The maximum atomic E-state index is 12.7. The van der Waals surface area contributed by atoms with E-state index in [2.05, 4.69) is 67.5 Å². The smallest absolute Gasteiger partial charge is 0.146 e. The van der Waals surface area contributed by atoms with Crippen LogP contribution >= 0.6 is 0 Å². The highest BCUT2D eigenvalue weighted by atomic mass is 16.1. The average Bonchev–Trinajstić information content (AvgIpc) is 2.68. The van der Waals surface area contributed by atoms with Gasteiger partial charge in [-0.05, 0) is 115 Å². The Labute approximate surface area is 191 Å². The molecule has 6 atom stereocenters. The Morgan fingerprint density at radius 1 is 0.710 bits per heavy atom. The van der Waals surface area contributed by atoms with Gasteiger partial charge in [-0.2, -0.15) is 0 Å². The lowest BCUT2D eigenvalue weighted by Crippen LogP contribution is -2.64. The third-order valence-corrected chi connectivity index (χ3v) is 12.3. The summed E-state index contributed by atoms with van der Waals surface area (Å²) in [6.45, 7) is 20.0. The van der Waals surface area contributed by atoms with Crippen LogP contribution in [0.3, 0.4) is 0 Å². The summed E-state index contributed by atoms with van der Waals surface area (Å²) in [6.07, 6.45) is 16.3. The lowest BCUT2D eigenvalue weighted by molar-refractivity contribution is -0.214. The first kappa shape index (κ1) is 22.0. The zero-order valence-electron chi connectivity index (χ0n) is 21.6. The molecule has 5 rings (SSSR count). The number of allylic oxidation sites excluding steroid dienone is 4. The molecule has 5 aliphatic carbocycles. The quantitative estimate of drug-likeness (QED) is 0.383. The third-order valence-electron chi connectivity index (χ3n) is 12.3. The van der Waals surface area contributed by atoms with Gasteiger partial charge in [0.25, 0.3) is 0 Å². The average molecular weight is 423 g/mol. The van der Waals surface area contributed by atoms with Crippen LogP contribution in [0.15, 0.2) is 23.3 Å². The van der Waals surface area contributed by atoms with Crippen molar-refractivity contribution in [2.24, 2.45) is 44.3 Å². The van der Waals surface area contributed by atoms with Crippen LogP contribution in [0.5, 0.6) is 0 Å². The van der Waals surface area contributed by atoms with Crippen molar-refractivity contribution in [1.82, 2.24) is 0 Å². The molecule has 0 N–H and O–H groups in total. The van der Waals surface area contributed by atoms with Gasteiger partial charge in [0.2, 0.25) is 0 Å². The SMILES string of the molecule is CC1(C)CC[C@]2(C)CC[C@]3(C)[C@H]4CC=C5C(=CCC(=O)C5(C)C)[C@]4(C)CC[C@@]3(C)[C@@H]2C1. The van der Waals surface area contributed by atoms with Gasteiger partial charge in [0.15, 0.2) is 0 Å². The van der Waals surface area contributed by atoms with E-state index >= 15 is 0 Å². The molecular formula is C30H46O. The maximum absolute atomic E-state index is 12.7. The first-order valence-electron chi connectivity index (χ1n) is 13.1. The zero-order valence-corrected chi connectivity index (χ0v) is 21.6. The van der Waals surface area contributed by atoms with E-state index in [0.717, 1.165) is 5.92 Å². The van der Waals surface area contributed by atoms with Gasteiger partial charge in [-0.1, -0.05) is 53.7 Å². The van der Waals surface area contributed by atoms with Crippen LogP contribution in [-0.4, -0.2) is 5.78 Å². The summed E-state index contributed by atoms with van der Waals surface area (Å²) in [4.78, 5) is 12.7. The van der Waals surface area contributed by atoms with Crippen molar-refractivity contribution in [2.75, 3.05) is 0 Å². The molecule has 31 heavy (non-hydrogen) atoms. The molecule has 5 aliphatic rings. The van der Waals surface area contributed by atoms with Crippen molar-refractivity contribution >= 4 is 5.78 Å². The lowest BCUT2D eigenvalue weighted by Gasteiger charge is -2.72. The normalized spacial score (nSPS) is 50.3. The Kier molecular flexibility index (Phi) is 4.38. The van der Waals surface area contributed by atoms with Crippen molar-refractivity contribution in [3.63, 3.8) is 0 Å². The highest BCUT2D eigenvalue weighted by molar-refractivity contribution is 5.91. The second kappa shape index (κ2) is 6.18. The molecule has 0 aromatic carbocycles. The fourth-order valence-corrected chi connectivity index (χ4v) is 9.68. The van der Waals surface area contributed by atoms with E-state index < -0.39 is 0 Å². The highest BCUT2D eigenvalue weighted by Crippen LogP contribution is 2.76. The highest BCUT2D eigenvalue weighted by Gasteiger charge is 2.68. The predicted molar refractivity (Wildman–Crippen MR) is 130 cm³/mol. The number of fused-ring (bicyclic) bond motifs is 7. The topological polar surface area (TPSA) is 17.1 Å². The van der Waals surface area contributed by atoms with E-state index in [4.69, 9.17) is 0 Å². The van der Waals surface area contributed by atoms with E-state index in [1.54, 1.807) is 5.57 Å². The van der Waals surface area contributed by atoms with Crippen LogP contribution in [0.2, 0.25) is 0 Å². The summed E-state index contributed by atoms with van der Waals surface area (Å²) in [7, 11) is 0. The minimum absolute atomic E-state index is 0.230. The van der Waals surface area contributed by atoms with Gasteiger partial charge in [-0.25, -0.2) is 0 Å².